The highest BCUT2D eigenvalue weighted by atomic mass is 19.1. The Bertz CT molecular complexity index is 175. The largest absolute Gasteiger partial charge is 0.378 e. The predicted molar refractivity (Wildman–Crippen MR) is 46.5 cm³/mol. The monoisotopic (exact) mass is 189 g/mol. The van der Waals surface area contributed by atoms with Crippen LogP contribution in [0.3, 0.4) is 0 Å². The molecule has 2 aliphatic heterocycles. The molecule has 0 radical (unpaired) electrons. The molecule has 2 aliphatic rings. The third kappa shape index (κ3) is 1.85. The van der Waals surface area contributed by atoms with Crippen molar-refractivity contribution in [3.8, 4) is 0 Å². The number of piperidine rings is 1. The van der Waals surface area contributed by atoms with Crippen LogP contribution in [0.25, 0.3) is 0 Å². The molecule has 76 valence electrons. The summed E-state index contributed by atoms with van der Waals surface area (Å²) in [5.41, 5.74) is 0. The molecular formula is C9H16FNO2. The highest BCUT2D eigenvalue weighted by Crippen LogP contribution is 2.21. The summed E-state index contributed by atoms with van der Waals surface area (Å²) in [6.45, 7) is 2.98. The molecule has 2 fully saturated rings. The van der Waals surface area contributed by atoms with E-state index >= 15 is 0 Å². The number of rotatable bonds is 2. The fraction of sp³-hybridized carbons (Fsp3) is 1.00. The van der Waals surface area contributed by atoms with Gasteiger partial charge in [0.2, 0.25) is 0 Å². The molecule has 2 saturated heterocycles. The Labute approximate surface area is 77.8 Å². The molecule has 0 amide bonds. The van der Waals surface area contributed by atoms with Gasteiger partial charge >= 0.3 is 0 Å². The summed E-state index contributed by atoms with van der Waals surface area (Å²) in [4.78, 5) is 2.17. The Balaban J connectivity index is 1.83. The van der Waals surface area contributed by atoms with Crippen LogP contribution in [-0.4, -0.2) is 56.6 Å². The van der Waals surface area contributed by atoms with Gasteiger partial charge in [0.1, 0.15) is 6.17 Å². The lowest BCUT2D eigenvalue weighted by atomic mass is 10.0. The number of hydrogen-bond donors (Lipinski definition) is 0. The van der Waals surface area contributed by atoms with Crippen LogP contribution in [0.5, 0.6) is 0 Å². The lowest BCUT2D eigenvalue weighted by Gasteiger charge is -2.42. The molecule has 0 aromatic carbocycles. The van der Waals surface area contributed by atoms with E-state index in [-0.39, 0.29) is 6.10 Å². The number of halogens is 1. The molecule has 0 saturated carbocycles. The minimum atomic E-state index is -0.834. The lowest BCUT2D eigenvalue weighted by Crippen LogP contribution is -2.56. The van der Waals surface area contributed by atoms with Crippen LogP contribution >= 0.6 is 0 Å². The lowest BCUT2D eigenvalue weighted by molar-refractivity contribution is -0.102. The third-order valence-corrected chi connectivity index (χ3v) is 2.95. The van der Waals surface area contributed by atoms with Gasteiger partial charge in [-0.25, -0.2) is 4.39 Å². The minimum absolute atomic E-state index is 0.197. The molecule has 3 nitrogen and oxygen atoms in total. The zero-order valence-corrected chi connectivity index (χ0v) is 7.91. The first-order valence-electron chi connectivity index (χ1n) is 4.80. The van der Waals surface area contributed by atoms with Crippen molar-refractivity contribution in [2.75, 3.05) is 33.4 Å². The fourth-order valence-corrected chi connectivity index (χ4v) is 1.94. The molecule has 0 unspecified atom stereocenters. The van der Waals surface area contributed by atoms with Crippen LogP contribution in [0.4, 0.5) is 4.39 Å². The van der Waals surface area contributed by atoms with Gasteiger partial charge in [-0.05, 0) is 6.42 Å². The highest BCUT2D eigenvalue weighted by Gasteiger charge is 2.35. The molecule has 0 N–H and O–H groups in total. The van der Waals surface area contributed by atoms with Gasteiger partial charge in [0.05, 0.1) is 25.4 Å². The first-order chi connectivity index (χ1) is 6.31. The second kappa shape index (κ2) is 3.90. The van der Waals surface area contributed by atoms with E-state index in [9.17, 15) is 4.39 Å². The summed E-state index contributed by atoms with van der Waals surface area (Å²) >= 11 is 0. The molecule has 0 bridgehead atoms. The van der Waals surface area contributed by atoms with Crippen LogP contribution < -0.4 is 0 Å². The van der Waals surface area contributed by atoms with Crippen molar-refractivity contribution in [1.82, 2.24) is 4.90 Å². The van der Waals surface area contributed by atoms with E-state index in [1.54, 1.807) is 7.11 Å². The second-order valence-corrected chi connectivity index (χ2v) is 3.77. The fourth-order valence-electron chi connectivity index (χ4n) is 1.94. The van der Waals surface area contributed by atoms with Crippen molar-refractivity contribution in [1.29, 1.82) is 0 Å². The Hall–Kier alpha value is -0.190. The van der Waals surface area contributed by atoms with Crippen molar-refractivity contribution in [3.05, 3.63) is 0 Å². The quantitative estimate of drug-likeness (QED) is 0.629. The van der Waals surface area contributed by atoms with E-state index in [0.717, 1.165) is 26.2 Å². The first-order valence-corrected chi connectivity index (χ1v) is 4.80. The molecular weight excluding hydrogens is 173 g/mol. The Morgan fingerprint density at radius 3 is 2.69 bits per heavy atom. The topological polar surface area (TPSA) is 21.7 Å². The summed E-state index contributed by atoms with van der Waals surface area (Å²) in [6.07, 6.45) is -0.231. The van der Waals surface area contributed by atoms with E-state index in [0.29, 0.717) is 12.6 Å². The Kier molecular flexibility index (Phi) is 2.81. The minimum Gasteiger partial charge on any atom is -0.378 e. The average molecular weight is 189 g/mol. The van der Waals surface area contributed by atoms with Gasteiger partial charge in [-0.3, -0.25) is 4.90 Å². The van der Waals surface area contributed by atoms with Gasteiger partial charge < -0.3 is 9.47 Å². The maximum absolute atomic E-state index is 13.4. The van der Waals surface area contributed by atoms with Gasteiger partial charge in [0, 0.05) is 20.2 Å². The average Bonchev–Trinajstić information content (AvgIpc) is 2.01. The van der Waals surface area contributed by atoms with Crippen molar-refractivity contribution in [2.24, 2.45) is 0 Å². The first kappa shape index (κ1) is 9.37. The summed E-state index contributed by atoms with van der Waals surface area (Å²) in [5.74, 6) is 0. The number of hydrogen-bond acceptors (Lipinski definition) is 3. The summed E-state index contributed by atoms with van der Waals surface area (Å²) < 4.78 is 23.5. The third-order valence-electron chi connectivity index (χ3n) is 2.95. The predicted octanol–water partition coefficient (Wildman–Crippen LogP) is 0.444. The van der Waals surface area contributed by atoms with Crippen molar-refractivity contribution in [2.45, 2.75) is 24.7 Å². The molecule has 4 heteroatoms. The Morgan fingerprint density at radius 2 is 2.23 bits per heavy atom. The van der Waals surface area contributed by atoms with Crippen LogP contribution in [0.2, 0.25) is 0 Å². The van der Waals surface area contributed by atoms with E-state index in [1.807, 2.05) is 0 Å². The van der Waals surface area contributed by atoms with Gasteiger partial charge in [-0.1, -0.05) is 0 Å². The number of alkyl halides is 1. The van der Waals surface area contributed by atoms with Gasteiger partial charge in [0.25, 0.3) is 0 Å². The van der Waals surface area contributed by atoms with E-state index < -0.39 is 6.17 Å². The number of likely N-dealkylation sites (tertiary alicyclic amines) is 1. The molecule has 0 spiro atoms. The van der Waals surface area contributed by atoms with Crippen LogP contribution in [-0.2, 0) is 9.47 Å². The molecule has 2 heterocycles. The standard InChI is InChI=1S/C9H16FNO2/c1-12-9-2-3-11(4-8(9)10)7-5-13-6-7/h7-9H,2-6H2,1H3/t8-,9+/m1/s1. The van der Waals surface area contributed by atoms with E-state index in [1.165, 1.54) is 0 Å². The molecule has 0 aromatic heterocycles. The number of methoxy groups -OCH3 is 1. The Morgan fingerprint density at radius 1 is 1.46 bits per heavy atom. The number of ether oxygens (including phenoxy) is 2. The van der Waals surface area contributed by atoms with Crippen LogP contribution in [0.15, 0.2) is 0 Å². The summed E-state index contributed by atoms with van der Waals surface area (Å²) in [5, 5.41) is 0. The maximum atomic E-state index is 13.4. The SMILES string of the molecule is CO[C@H]1CCN(C2COC2)C[C@H]1F. The molecule has 2 atom stereocenters. The second-order valence-electron chi connectivity index (χ2n) is 3.77. The molecule has 0 aliphatic carbocycles. The normalized spacial score (nSPS) is 37.4. The maximum Gasteiger partial charge on any atom is 0.139 e. The molecule has 0 aromatic rings. The van der Waals surface area contributed by atoms with Gasteiger partial charge in [0.15, 0.2) is 0 Å². The molecule has 2 rings (SSSR count). The summed E-state index contributed by atoms with van der Waals surface area (Å²) in [6, 6.07) is 0.455. The number of nitrogens with zero attached hydrogens (tertiary/aromatic N) is 1. The highest BCUT2D eigenvalue weighted by molar-refractivity contribution is 4.87. The molecule has 13 heavy (non-hydrogen) atoms. The van der Waals surface area contributed by atoms with Crippen molar-refractivity contribution in [3.63, 3.8) is 0 Å². The van der Waals surface area contributed by atoms with Crippen molar-refractivity contribution < 1.29 is 13.9 Å². The van der Waals surface area contributed by atoms with E-state index in [2.05, 4.69) is 4.90 Å². The van der Waals surface area contributed by atoms with Crippen LogP contribution in [0, 0.1) is 0 Å². The summed E-state index contributed by atoms with van der Waals surface area (Å²) in [7, 11) is 1.58. The zero-order valence-electron chi connectivity index (χ0n) is 7.91. The van der Waals surface area contributed by atoms with E-state index in [4.69, 9.17) is 9.47 Å². The zero-order chi connectivity index (χ0) is 9.26. The van der Waals surface area contributed by atoms with Crippen molar-refractivity contribution >= 4 is 0 Å². The van der Waals surface area contributed by atoms with Crippen LogP contribution in [0.1, 0.15) is 6.42 Å². The van der Waals surface area contributed by atoms with Gasteiger partial charge in [-0.15, -0.1) is 0 Å². The van der Waals surface area contributed by atoms with Gasteiger partial charge in [-0.2, -0.15) is 0 Å². The smallest absolute Gasteiger partial charge is 0.139 e.